The van der Waals surface area contributed by atoms with Gasteiger partial charge in [0.1, 0.15) is 0 Å². The summed E-state index contributed by atoms with van der Waals surface area (Å²) in [4.78, 5) is 16.0. The zero-order valence-corrected chi connectivity index (χ0v) is 20.0. The minimum atomic E-state index is -2.69. The summed E-state index contributed by atoms with van der Waals surface area (Å²) in [7, 11) is 1.68. The molecule has 4 heterocycles. The lowest BCUT2D eigenvalue weighted by Crippen LogP contribution is -2.37. The SMILES string of the molecule is CN/C=C(\C=N)c1cc2c(cc1C(F)F)N(c1nn(C3COC3)c3c1CN(C(C)=O)CC3)CCC2. The van der Waals surface area contributed by atoms with E-state index in [1.54, 1.807) is 32.3 Å². The van der Waals surface area contributed by atoms with Crippen molar-refractivity contribution in [1.82, 2.24) is 20.0 Å². The molecule has 0 bridgehead atoms. The number of nitrogens with one attached hydrogen (secondary N) is 2. The topological polar surface area (TPSA) is 86.5 Å². The van der Waals surface area contributed by atoms with Gasteiger partial charge in [0.05, 0.1) is 25.8 Å². The molecule has 0 atom stereocenters. The summed E-state index contributed by atoms with van der Waals surface area (Å²) in [6.07, 6.45) is 2.28. The summed E-state index contributed by atoms with van der Waals surface area (Å²) in [5.41, 5.74) is 4.44. The van der Waals surface area contributed by atoms with Crippen molar-refractivity contribution in [2.75, 3.05) is 38.3 Å². The fourth-order valence-corrected chi connectivity index (χ4v) is 5.23. The number of aromatic nitrogens is 2. The second-order valence-electron chi connectivity index (χ2n) is 9.23. The van der Waals surface area contributed by atoms with E-state index in [4.69, 9.17) is 15.2 Å². The molecular weight excluding hydrogens is 454 g/mol. The number of aryl methyl sites for hydroxylation is 1. The van der Waals surface area contributed by atoms with E-state index in [0.717, 1.165) is 47.4 Å². The first-order valence-electron chi connectivity index (χ1n) is 12.0. The number of nitrogens with zero attached hydrogens (tertiary/aromatic N) is 4. The van der Waals surface area contributed by atoms with Gasteiger partial charge >= 0.3 is 0 Å². The number of alkyl halides is 2. The van der Waals surface area contributed by atoms with Crippen molar-refractivity contribution in [3.8, 4) is 0 Å². The van der Waals surface area contributed by atoms with E-state index in [1.807, 2.05) is 14.5 Å². The van der Waals surface area contributed by atoms with Crippen LogP contribution >= 0.6 is 0 Å². The Labute approximate surface area is 203 Å². The molecule has 0 unspecified atom stereocenters. The predicted octanol–water partition coefficient (Wildman–Crippen LogP) is 3.59. The molecule has 0 saturated carbocycles. The Morgan fingerprint density at radius 1 is 1.29 bits per heavy atom. The summed E-state index contributed by atoms with van der Waals surface area (Å²) in [6, 6.07) is 3.51. The van der Waals surface area contributed by atoms with Gasteiger partial charge in [-0.2, -0.15) is 5.10 Å². The smallest absolute Gasteiger partial charge is 0.264 e. The Hall–Kier alpha value is -3.27. The quantitative estimate of drug-likeness (QED) is 0.612. The van der Waals surface area contributed by atoms with Gasteiger partial charge in [-0.1, -0.05) is 0 Å². The maximum atomic E-state index is 14.2. The van der Waals surface area contributed by atoms with Gasteiger partial charge in [0.2, 0.25) is 5.91 Å². The molecule has 1 fully saturated rings. The van der Waals surface area contributed by atoms with Crippen molar-refractivity contribution in [2.45, 2.75) is 45.2 Å². The molecule has 1 aromatic heterocycles. The third-order valence-corrected chi connectivity index (χ3v) is 7.10. The summed E-state index contributed by atoms with van der Waals surface area (Å²) in [5.74, 6) is 0.755. The normalized spacial score (nSPS) is 18.3. The number of ether oxygens (including phenoxy) is 1. The van der Waals surface area contributed by atoms with Gasteiger partial charge in [-0.05, 0) is 36.1 Å². The molecule has 5 rings (SSSR count). The van der Waals surface area contributed by atoms with Crippen molar-refractivity contribution < 1.29 is 18.3 Å². The number of hydrogen-bond donors (Lipinski definition) is 2. The number of benzene rings is 1. The fourth-order valence-electron chi connectivity index (χ4n) is 5.23. The van der Waals surface area contributed by atoms with Crippen molar-refractivity contribution >= 4 is 29.2 Å². The van der Waals surface area contributed by atoms with Crippen LogP contribution < -0.4 is 10.2 Å². The first kappa shape index (κ1) is 23.5. The standard InChI is InChI=1S/C25H30F2N6O2/c1-15(34)31-7-5-22-21(12-31)25(30-33(22)18-13-35-14-18)32-6-3-4-16-8-19(17(10-28)11-29-2)20(24(26)27)9-23(16)32/h8-11,18,24,28-29H,3-7,12-14H2,1-2H3/b17-11+,28-10?. The summed E-state index contributed by atoms with van der Waals surface area (Å²) >= 11 is 0. The molecule has 1 amide bonds. The third kappa shape index (κ3) is 4.09. The van der Waals surface area contributed by atoms with Gasteiger partial charge in [0.15, 0.2) is 5.82 Å². The van der Waals surface area contributed by atoms with E-state index in [0.29, 0.717) is 50.4 Å². The molecular formula is C25H30F2N6O2. The number of rotatable bonds is 6. The first-order valence-corrected chi connectivity index (χ1v) is 12.0. The lowest BCUT2D eigenvalue weighted by molar-refractivity contribution is -0.129. The van der Waals surface area contributed by atoms with Crippen molar-refractivity contribution in [3.05, 3.63) is 46.3 Å². The Kier molecular flexibility index (Phi) is 6.31. The largest absolute Gasteiger partial charge is 0.393 e. The maximum absolute atomic E-state index is 14.2. The lowest BCUT2D eigenvalue weighted by atomic mass is 9.92. The Balaban J connectivity index is 1.63. The van der Waals surface area contributed by atoms with Crippen LogP contribution in [0.25, 0.3) is 5.57 Å². The van der Waals surface area contributed by atoms with Crippen LogP contribution in [0.5, 0.6) is 0 Å². The molecule has 186 valence electrons. The number of carbonyl (C=O) groups excluding carboxylic acids is 1. The Morgan fingerprint density at radius 2 is 2.09 bits per heavy atom. The Morgan fingerprint density at radius 3 is 2.71 bits per heavy atom. The highest BCUT2D eigenvalue weighted by Crippen LogP contribution is 2.42. The van der Waals surface area contributed by atoms with Crippen LogP contribution in [0.4, 0.5) is 20.3 Å². The van der Waals surface area contributed by atoms with Crippen LogP contribution in [-0.2, 0) is 28.9 Å². The predicted molar refractivity (Wildman–Crippen MR) is 129 cm³/mol. The number of carbonyl (C=O) groups is 1. The van der Waals surface area contributed by atoms with E-state index in [1.165, 1.54) is 0 Å². The second-order valence-corrected chi connectivity index (χ2v) is 9.23. The number of allylic oxidation sites excluding steroid dienone is 1. The van der Waals surface area contributed by atoms with Gasteiger partial charge in [-0.15, -0.1) is 0 Å². The number of hydrogen-bond acceptors (Lipinski definition) is 6. The minimum Gasteiger partial charge on any atom is -0.393 e. The maximum Gasteiger partial charge on any atom is 0.264 e. The summed E-state index contributed by atoms with van der Waals surface area (Å²) < 4.78 is 35.9. The van der Waals surface area contributed by atoms with E-state index in [9.17, 15) is 13.6 Å². The number of anilines is 2. The third-order valence-electron chi connectivity index (χ3n) is 7.10. The average molecular weight is 485 g/mol. The molecule has 1 aromatic carbocycles. The molecule has 35 heavy (non-hydrogen) atoms. The van der Waals surface area contributed by atoms with Crippen molar-refractivity contribution in [3.63, 3.8) is 0 Å². The van der Waals surface area contributed by atoms with Crippen LogP contribution in [0, 0.1) is 5.41 Å². The zero-order chi connectivity index (χ0) is 24.7. The molecule has 3 aliphatic rings. The van der Waals surface area contributed by atoms with E-state index < -0.39 is 6.43 Å². The lowest BCUT2D eigenvalue weighted by Gasteiger charge is -2.33. The molecule has 2 aromatic rings. The molecule has 0 radical (unpaired) electrons. The first-order chi connectivity index (χ1) is 16.9. The molecule has 0 spiro atoms. The second kappa shape index (κ2) is 9.41. The monoisotopic (exact) mass is 484 g/mol. The van der Waals surface area contributed by atoms with Gasteiger partial charge in [-0.25, -0.2) is 8.78 Å². The highest BCUT2D eigenvalue weighted by molar-refractivity contribution is 6.09. The van der Waals surface area contributed by atoms with Crippen LogP contribution in [0.1, 0.15) is 53.8 Å². The van der Waals surface area contributed by atoms with Crippen LogP contribution in [0.2, 0.25) is 0 Å². The van der Waals surface area contributed by atoms with Gasteiger partial charge in [-0.3, -0.25) is 9.48 Å². The van der Waals surface area contributed by atoms with Crippen LogP contribution in [-0.4, -0.2) is 60.2 Å². The molecule has 2 N–H and O–H groups in total. The van der Waals surface area contributed by atoms with Crippen LogP contribution in [0.3, 0.4) is 0 Å². The van der Waals surface area contributed by atoms with Crippen LogP contribution in [0.15, 0.2) is 18.3 Å². The summed E-state index contributed by atoms with van der Waals surface area (Å²) in [5, 5.41) is 15.6. The average Bonchev–Trinajstić information content (AvgIpc) is 3.18. The highest BCUT2D eigenvalue weighted by Gasteiger charge is 2.35. The van der Waals surface area contributed by atoms with E-state index >= 15 is 0 Å². The van der Waals surface area contributed by atoms with E-state index in [2.05, 4.69) is 5.32 Å². The molecule has 3 aliphatic heterocycles. The van der Waals surface area contributed by atoms with Gasteiger partial charge in [0.25, 0.3) is 6.43 Å². The van der Waals surface area contributed by atoms with Crippen molar-refractivity contribution in [1.29, 1.82) is 5.41 Å². The van der Waals surface area contributed by atoms with Crippen molar-refractivity contribution in [2.24, 2.45) is 0 Å². The van der Waals surface area contributed by atoms with Gasteiger partial charge < -0.3 is 25.3 Å². The molecule has 10 heteroatoms. The summed E-state index contributed by atoms with van der Waals surface area (Å²) in [6.45, 7) is 4.53. The Bertz CT molecular complexity index is 1190. The zero-order valence-electron chi connectivity index (χ0n) is 20.0. The minimum absolute atomic E-state index is 0.0143. The number of halogens is 2. The highest BCUT2D eigenvalue weighted by atomic mass is 19.3. The van der Waals surface area contributed by atoms with Gasteiger partial charge in [0, 0.05) is 74.0 Å². The molecule has 1 saturated heterocycles. The fraction of sp³-hybridized carbons (Fsp3) is 0.480. The number of amides is 1. The molecule has 0 aliphatic carbocycles. The molecule has 8 nitrogen and oxygen atoms in total. The number of fused-ring (bicyclic) bond motifs is 2. The van der Waals surface area contributed by atoms with E-state index in [-0.39, 0.29) is 17.5 Å².